The number of aromatic amines is 1. The number of para-hydroxylation sites is 1. The zero-order valence-electron chi connectivity index (χ0n) is 15.9. The minimum Gasteiger partial charge on any atom is -0.497 e. The van der Waals surface area contributed by atoms with Gasteiger partial charge in [-0.1, -0.05) is 54.6 Å². The Balaban J connectivity index is 1.71. The van der Waals surface area contributed by atoms with Gasteiger partial charge in [-0.05, 0) is 29.3 Å². The van der Waals surface area contributed by atoms with Crippen LogP contribution in [0.5, 0.6) is 5.75 Å². The van der Waals surface area contributed by atoms with Crippen molar-refractivity contribution >= 4 is 22.5 Å². The molecule has 1 aliphatic carbocycles. The van der Waals surface area contributed by atoms with Crippen LogP contribution >= 0.6 is 0 Å². The van der Waals surface area contributed by atoms with Crippen LogP contribution in [-0.4, -0.2) is 23.7 Å². The summed E-state index contributed by atoms with van der Waals surface area (Å²) in [7, 11) is 1.62. The Kier molecular flexibility index (Phi) is 4.06. The largest absolute Gasteiger partial charge is 0.497 e. The Labute approximate surface area is 168 Å². The first-order valence-corrected chi connectivity index (χ1v) is 9.56. The number of rotatable bonds is 4. The SMILES string of the molecule is COc1ccc(C(c2c[nH]c3ccccc23)C2C(=O)c3ccccc3C2=O)cc1. The van der Waals surface area contributed by atoms with Crippen molar-refractivity contribution in [3.05, 3.63) is 101 Å². The number of aromatic nitrogens is 1. The Hall–Kier alpha value is -3.66. The summed E-state index contributed by atoms with van der Waals surface area (Å²) in [5.74, 6) is -0.656. The van der Waals surface area contributed by atoms with E-state index in [1.165, 1.54) is 0 Å². The molecule has 0 fully saturated rings. The molecular weight excluding hydrogens is 362 g/mol. The fourth-order valence-electron chi connectivity index (χ4n) is 4.38. The van der Waals surface area contributed by atoms with Crippen LogP contribution in [0.3, 0.4) is 0 Å². The third-order valence-electron chi connectivity index (χ3n) is 5.79. The van der Waals surface area contributed by atoms with Crippen LogP contribution in [0.15, 0.2) is 79.0 Å². The van der Waals surface area contributed by atoms with Gasteiger partial charge in [-0.3, -0.25) is 9.59 Å². The van der Waals surface area contributed by atoms with Gasteiger partial charge in [-0.2, -0.15) is 0 Å². The third-order valence-corrected chi connectivity index (χ3v) is 5.79. The average Bonchev–Trinajstić information content (AvgIpc) is 3.30. The van der Waals surface area contributed by atoms with E-state index in [4.69, 9.17) is 4.74 Å². The molecule has 1 aliphatic rings. The minimum absolute atomic E-state index is 0.114. The maximum atomic E-state index is 13.3. The lowest BCUT2D eigenvalue weighted by molar-refractivity contribution is 0.0825. The summed E-state index contributed by atoms with van der Waals surface area (Å²) in [5, 5.41) is 1.02. The number of fused-ring (bicyclic) bond motifs is 2. The van der Waals surface area contributed by atoms with Gasteiger partial charge in [-0.15, -0.1) is 0 Å². The highest BCUT2D eigenvalue weighted by Gasteiger charge is 2.44. The molecule has 1 heterocycles. The van der Waals surface area contributed by atoms with E-state index in [2.05, 4.69) is 4.98 Å². The molecule has 3 aromatic carbocycles. The lowest BCUT2D eigenvalue weighted by Gasteiger charge is -2.22. The van der Waals surface area contributed by atoms with Gasteiger partial charge in [-0.25, -0.2) is 0 Å². The molecule has 1 atom stereocenters. The van der Waals surface area contributed by atoms with Crippen LogP contribution in [0.4, 0.5) is 0 Å². The molecule has 4 heteroatoms. The summed E-state index contributed by atoms with van der Waals surface area (Å²) in [6.45, 7) is 0. The number of hydrogen-bond donors (Lipinski definition) is 1. The Morgan fingerprint density at radius 2 is 1.45 bits per heavy atom. The second kappa shape index (κ2) is 6.74. The second-order valence-electron chi connectivity index (χ2n) is 7.29. The summed E-state index contributed by atoms with van der Waals surface area (Å²) in [5.41, 5.74) is 3.87. The topological polar surface area (TPSA) is 59.2 Å². The van der Waals surface area contributed by atoms with E-state index in [-0.39, 0.29) is 17.5 Å². The van der Waals surface area contributed by atoms with Gasteiger partial charge in [0.05, 0.1) is 13.0 Å². The highest BCUT2D eigenvalue weighted by atomic mass is 16.5. The second-order valence-corrected chi connectivity index (χ2v) is 7.29. The number of benzene rings is 3. The molecule has 1 aromatic heterocycles. The van der Waals surface area contributed by atoms with Crippen LogP contribution in [0, 0.1) is 5.92 Å². The molecule has 1 N–H and O–H groups in total. The first-order chi connectivity index (χ1) is 14.2. The van der Waals surface area contributed by atoms with Crippen molar-refractivity contribution in [2.45, 2.75) is 5.92 Å². The molecule has 0 saturated heterocycles. The maximum absolute atomic E-state index is 13.3. The predicted molar refractivity (Wildman–Crippen MR) is 112 cm³/mol. The number of hydrogen-bond acceptors (Lipinski definition) is 3. The van der Waals surface area contributed by atoms with Crippen LogP contribution in [0.25, 0.3) is 10.9 Å². The van der Waals surface area contributed by atoms with Crippen LogP contribution in [-0.2, 0) is 0 Å². The number of carbonyl (C=O) groups is 2. The first-order valence-electron chi connectivity index (χ1n) is 9.56. The van der Waals surface area contributed by atoms with Gasteiger partial charge in [0, 0.05) is 34.1 Å². The lowest BCUT2D eigenvalue weighted by atomic mass is 9.78. The van der Waals surface area contributed by atoms with E-state index in [0.29, 0.717) is 11.1 Å². The molecule has 0 amide bonds. The van der Waals surface area contributed by atoms with Crippen LogP contribution in [0.1, 0.15) is 37.8 Å². The fourth-order valence-corrected chi connectivity index (χ4v) is 4.38. The zero-order chi connectivity index (χ0) is 20.0. The highest BCUT2D eigenvalue weighted by molar-refractivity contribution is 6.27. The summed E-state index contributed by atoms with van der Waals surface area (Å²) in [6, 6.07) is 22.7. The van der Waals surface area contributed by atoms with Crippen molar-refractivity contribution in [1.29, 1.82) is 0 Å². The van der Waals surface area contributed by atoms with E-state index >= 15 is 0 Å². The molecule has 0 spiro atoms. The number of H-pyrrole nitrogens is 1. The quantitative estimate of drug-likeness (QED) is 0.506. The standard InChI is InChI=1S/C25H19NO3/c1-29-16-12-10-15(11-13-16)22(20-14-26-21-9-5-4-6-17(20)21)23-24(27)18-7-2-3-8-19(18)25(23)28/h2-14,22-23,26H,1H3. The average molecular weight is 381 g/mol. The normalized spacial score (nSPS) is 14.9. The number of Topliss-reactive ketones (excluding diaryl/α,β-unsaturated/α-hetero) is 2. The fraction of sp³-hybridized carbons (Fsp3) is 0.120. The van der Waals surface area contributed by atoms with E-state index < -0.39 is 5.92 Å². The van der Waals surface area contributed by atoms with Gasteiger partial charge in [0.15, 0.2) is 11.6 Å². The molecule has 0 radical (unpaired) electrons. The minimum atomic E-state index is -0.778. The van der Waals surface area contributed by atoms with Crippen molar-refractivity contribution in [2.24, 2.45) is 5.92 Å². The Morgan fingerprint density at radius 3 is 2.10 bits per heavy atom. The van der Waals surface area contributed by atoms with Crippen LogP contribution in [0.2, 0.25) is 0 Å². The number of carbonyl (C=O) groups excluding carboxylic acids is 2. The summed E-state index contributed by atoms with van der Waals surface area (Å²) < 4.78 is 5.29. The van der Waals surface area contributed by atoms with Crippen molar-refractivity contribution in [2.75, 3.05) is 7.11 Å². The smallest absolute Gasteiger partial charge is 0.175 e. The van der Waals surface area contributed by atoms with E-state index in [1.54, 1.807) is 31.4 Å². The molecule has 5 rings (SSSR count). The number of nitrogens with one attached hydrogen (secondary N) is 1. The van der Waals surface area contributed by atoms with Crippen molar-refractivity contribution in [1.82, 2.24) is 4.98 Å². The maximum Gasteiger partial charge on any atom is 0.175 e. The molecule has 29 heavy (non-hydrogen) atoms. The summed E-state index contributed by atoms with van der Waals surface area (Å²) >= 11 is 0. The molecule has 0 aliphatic heterocycles. The van der Waals surface area contributed by atoms with Crippen molar-refractivity contribution < 1.29 is 14.3 Å². The highest BCUT2D eigenvalue weighted by Crippen LogP contribution is 2.43. The first kappa shape index (κ1) is 17.4. The van der Waals surface area contributed by atoms with Crippen molar-refractivity contribution in [3.63, 3.8) is 0 Å². The summed E-state index contributed by atoms with van der Waals surface area (Å²) in [6.07, 6.45) is 1.92. The monoisotopic (exact) mass is 381 g/mol. The lowest BCUT2D eigenvalue weighted by Crippen LogP contribution is -2.24. The summed E-state index contributed by atoms with van der Waals surface area (Å²) in [4.78, 5) is 29.9. The van der Waals surface area contributed by atoms with Crippen molar-refractivity contribution in [3.8, 4) is 5.75 Å². The zero-order valence-corrected chi connectivity index (χ0v) is 15.9. The van der Waals surface area contributed by atoms with E-state index in [0.717, 1.165) is 27.8 Å². The molecule has 1 unspecified atom stereocenters. The van der Waals surface area contributed by atoms with Gasteiger partial charge in [0.1, 0.15) is 5.75 Å². The molecule has 4 aromatic rings. The van der Waals surface area contributed by atoms with Gasteiger partial charge >= 0.3 is 0 Å². The molecular formula is C25H19NO3. The molecule has 0 saturated carbocycles. The number of ether oxygens (including phenoxy) is 1. The third kappa shape index (κ3) is 2.68. The van der Waals surface area contributed by atoms with Gasteiger partial charge in [0.25, 0.3) is 0 Å². The Bertz CT molecular complexity index is 1200. The van der Waals surface area contributed by atoms with E-state index in [9.17, 15) is 9.59 Å². The van der Waals surface area contributed by atoms with Gasteiger partial charge < -0.3 is 9.72 Å². The molecule has 0 bridgehead atoms. The van der Waals surface area contributed by atoms with Gasteiger partial charge in [0.2, 0.25) is 0 Å². The molecule has 4 nitrogen and oxygen atoms in total. The number of methoxy groups -OCH3 is 1. The van der Waals surface area contributed by atoms with Crippen LogP contribution < -0.4 is 4.74 Å². The predicted octanol–water partition coefficient (Wildman–Crippen LogP) is 5.00. The Morgan fingerprint density at radius 1 is 0.828 bits per heavy atom. The molecule has 142 valence electrons. The van der Waals surface area contributed by atoms with E-state index in [1.807, 2.05) is 54.7 Å². The number of ketones is 2.